The number of carboxylic acid groups (broad SMARTS) is 1. The monoisotopic (exact) mass is 359 g/mol. The molecule has 0 radical (unpaired) electrons. The molecule has 0 aromatic rings. The molecule has 0 heterocycles. The standard InChI is InChI=1S/C16H29N3O6/c1-9(2)13(15(23)24)19-14(22)10(18-11(20)8-17)6-7-12(21)25-16(3,4)5/h9-10,13H,6-8,17H2,1-5H3,(H,18,20)(H,19,22)(H,23,24)/t10-,13-/m0/s1. The molecule has 9 heteroatoms. The van der Waals surface area contributed by atoms with Crippen molar-refractivity contribution in [3.05, 3.63) is 0 Å². The van der Waals surface area contributed by atoms with Gasteiger partial charge >= 0.3 is 11.9 Å². The molecular weight excluding hydrogens is 330 g/mol. The van der Waals surface area contributed by atoms with Crippen LogP contribution in [0.25, 0.3) is 0 Å². The number of hydrogen-bond acceptors (Lipinski definition) is 6. The molecule has 144 valence electrons. The van der Waals surface area contributed by atoms with E-state index < -0.39 is 41.4 Å². The van der Waals surface area contributed by atoms with Gasteiger partial charge in [0.25, 0.3) is 0 Å². The average molecular weight is 359 g/mol. The lowest BCUT2D eigenvalue weighted by Gasteiger charge is -2.24. The van der Waals surface area contributed by atoms with Gasteiger partial charge in [0.2, 0.25) is 11.8 Å². The van der Waals surface area contributed by atoms with Crippen LogP contribution >= 0.6 is 0 Å². The fourth-order valence-electron chi connectivity index (χ4n) is 1.94. The van der Waals surface area contributed by atoms with Crippen LogP contribution in [0.3, 0.4) is 0 Å². The number of carbonyl (C=O) groups is 4. The summed E-state index contributed by atoms with van der Waals surface area (Å²) in [6, 6.07) is -2.18. The molecule has 0 saturated carbocycles. The van der Waals surface area contributed by atoms with Crippen LogP contribution in [0.15, 0.2) is 0 Å². The van der Waals surface area contributed by atoms with Crippen molar-refractivity contribution in [3.63, 3.8) is 0 Å². The number of carboxylic acids is 1. The van der Waals surface area contributed by atoms with Crippen LogP contribution in [0.5, 0.6) is 0 Å². The van der Waals surface area contributed by atoms with Crippen LogP contribution in [0, 0.1) is 5.92 Å². The van der Waals surface area contributed by atoms with Crippen LogP contribution in [-0.4, -0.2) is 53.1 Å². The molecule has 0 aromatic heterocycles. The van der Waals surface area contributed by atoms with E-state index in [1.54, 1.807) is 34.6 Å². The Kier molecular flexibility index (Phi) is 9.11. The third-order valence-corrected chi connectivity index (χ3v) is 3.12. The number of amides is 2. The molecule has 2 atom stereocenters. The summed E-state index contributed by atoms with van der Waals surface area (Å²) in [6.45, 7) is 8.10. The lowest BCUT2D eigenvalue weighted by molar-refractivity contribution is -0.155. The Labute approximate surface area is 147 Å². The summed E-state index contributed by atoms with van der Waals surface area (Å²) in [4.78, 5) is 46.8. The highest BCUT2D eigenvalue weighted by molar-refractivity contribution is 5.91. The Morgan fingerprint density at radius 2 is 1.68 bits per heavy atom. The highest BCUT2D eigenvalue weighted by atomic mass is 16.6. The summed E-state index contributed by atoms with van der Waals surface area (Å²) >= 11 is 0. The minimum absolute atomic E-state index is 0.0308. The molecule has 0 unspecified atom stereocenters. The fraction of sp³-hybridized carbons (Fsp3) is 0.750. The summed E-state index contributed by atoms with van der Waals surface area (Å²) in [7, 11) is 0. The number of esters is 1. The molecule has 5 N–H and O–H groups in total. The van der Waals surface area contributed by atoms with Crippen LogP contribution < -0.4 is 16.4 Å². The van der Waals surface area contributed by atoms with E-state index in [4.69, 9.17) is 15.6 Å². The number of aliphatic carboxylic acids is 1. The number of hydrogen-bond donors (Lipinski definition) is 4. The summed E-state index contributed by atoms with van der Waals surface area (Å²) in [5.41, 5.74) is 4.56. The summed E-state index contributed by atoms with van der Waals surface area (Å²) in [6.07, 6.45) is -0.142. The van der Waals surface area contributed by atoms with Crippen LogP contribution in [0.4, 0.5) is 0 Å². The highest BCUT2D eigenvalue weighted by Crippen LogP contribution is 2.11. The molecule has 0 rings (SSSR count). The molecule has 0 aliphatic heterocycles. The molecule has 0 spiro atoms. The van der Waals surface area contributed by atoms with Gasteiger partial charge in [0, 0.05) is 6.42 Å². The first-order valence-electron chi connectivity index (χ1n) is 8.11. The van der Waals surface area contributed by atoms with Crippen molar-refractivity contribution in [2.24, 2.45) is 11.7 Å². The molecule has 25 heavy (non-hydrogen) atoms. The maximum atomic E-state index is 12.3. The van der Waals surface area contributed by atoms with Crippen molar-refractivity contribution >= 4 is 23.8 Å². The third-order valence-electron chi connectivity index (χ3n) is 3.12. The molecule has 9 nitrogen and oxygen atoms in total. The predicted octanol–water partition coefficient (Wildman–Crippen LogP) is -0.223. The summed E-state index contributed by atoms with van der Waals surface area (Å²) < 4.78 is 5.15. The van der Waals surface area contributed by atoms with Gasteiger partial charge in [0.1, 0.15) is 17.7 Å². The topological polar surface area (TPSA) is 148 Å². The van der Waals surface area contributed by atoms with E-state index in [-0.39, 0.29) is 25.3 Å². The van der Waals surface area contributed by atoms with Crippen molar-refractivity contribution in [3.8, 4) is 0 Å². The quantitative estimate of drug-likeness (QED) is 0.416. The van der Waals surface area contributed by atoms with Gasteiger partial charge < -0.3 is 26.2 Å². The van der Waals surface area contributed by atoms with Gasteiger partial charge in [0.15, 0.2) is 0 Å². The van der Waals surface area contributed by atoms with Gasteiger partial charge in [-0.3, -0.25) is 14.4 Å². The van der Waals surface area contributed by atoms with E-state index in [0.717, 1.165) is 0 Å². The number of nitrogens with two attached hydrogens (primary N) is 1. The first-order chi connectivity index (χ1) is 11.4. The lowest BCUT2D eigenvalue weighted by atomic mass is 10.0. The second-order valence-electron chi connectivity index (χ2n) is 7.02. The molecule has 0 aliphatic carbocycles. The summed E-state index contributed by atoms with van der Waals surface area (Å²) in [5.74, 6) is -3.32. The Morgan fingerprint density at radius 3 is 2.08 bits per heavy atom. The zero-order chi connectivity index (χ0) is 19.8. The Bertz CT molecular complexity index is 499. The maximum absolute atomic E-state index is 12.3. The van der Waals surface area contributed by atoms with Crippen LogP contribution in [0.1, 0.15) is 47.5 Å². The SMILES string of the molecule is CC(C)[C@H](NC(=O)[C@H](CCC(=O)OC(C)(C)C)NC(=O)CN)C(=O)O. The zero-order valence-electron chi connectivity index (χ0n) is 15.4. The minimum Gasteiger partial charge on any atom is -0.480 e. The highest BCUT2D eigenvalue weighted by Gasteiger charge is 2.29. The molecule has 0 aromatic carbocycles. The fourth-order valence-corrected chi connectivity index (χ4v) is 1.94. The van der Waals surface area contributed by atoms with Gasteiger partial charge in [-0.1, -0.05) is 13.8 Å². The van der Waals surface area contributed by atoms with Gasteiger partial charge in [-0.2, -0.15) is 0 Å². The van der Waals surface area contributed by atoms with Gasteiger partial charge in [0.05, 0.1) is 6.54 Å². The predicted molar refractivity (Wildman–Crippen MR) is 90.5 cm³/mol. The Morgan fingerprint density at radius 1 is 1.12 bits per heavy atom. The van der Waals surface area contributed by atoms with Crippen molar-refractivity contribution in [2.45, 2.75) is 65.1 Å². The molecule has 0 saturated heterocycles. The van der Waals surface area contributed by atoms with E-state index in [1.807, 2.05) is 0 Å². The number of nitrogens with one attached hydrogen (secondary N) is 2. The second-order valence-corrected chi connectivity index (χ2v) is 7.02. The molecular formula is C16H29N3O6. The first-order valence-corrected chi connectivity index (χ1v) is 8.11. The number of ether oxygens (including phenoxy) is 1. The average Bonchev–Trinajstić information content (AvgIpc) is 2.45. The van der Waals surface area contributed by atoms with E-state index in [9.17, 15) is 19.2 Å². The van der Waals surface area contributed by atoms with Gasteiger partial charge in [-0.15, -0.1) is 0 Å². The third kappa shape index (κ3) is 9.65. The Hall–Kier alpha value is -2.16. The summed E-state index contributed by atoms with van der Waals surface area (Å²) in [5, 5.41) is 13.9. The van der Waals surface area contributed by atoms with Gasteiger partial charge in [-0.05, 0) is 33.1 Å². The number of carbonyl (C=O) groups excluding carboxylic acids is 3. The molecule has 0 aliphatic rings. The molecule has 0 fully saturated rings. The lowest BCUT2D eigenvalue weighted by Crippen LogP contribution is -2.54. The maximum Gasteiger partial charge on any atom is 0.326 e. The largest absolute Gasteiger partial charge is 0.480 e. The van der Waals surface area contributed by atoms with Crippen LogP contribution in [0.2, 0.25) is 0 Å². The van der Waals surface area contributed by atoms with E-state index in [1.165, 1.54) is 0 Å². The van der Waals surface area contributed by atoms with Crippen LogP contribution in [-0.2, 0) is 23.9 Å². The van der Waals surface area contributed by atoms with E-state index in [0.29, 0.717) is 0 Å². The first kappa shape index (κ1) is 22.8. The van der Waals surface area contributed by atoms with Crippen molar-refractivity contribution in [1.29, 1.82) is 0 Å². The van der Waals surface area contributed by atoms with Crippen molar-refractivity contribution in [2.75, 3.05) is 6.54 Å². The van der Waals surface area contributed by atoms with E-state index in [2.05, 4.69) is 10.6 Å². The van der Waals surface area contributed by atoms with E-state index >= 15 is 0 Å². The van der Waals surface area contributed by atoms with Gasteiger partial charge in [-0.25, -0.2) is 4.79 Å². The van der Waals surface area contributed by atoms with Crippen molar-refractivity contribution < 1.29 is 29.0 Å². The molecule has 0 bridgehead atoms. The second kappa shape index (κ2) is 9.97. The van der Waals surface area contributed by atoms with Crippen molar-refractivity contribution in [1.82, 2.24) is 10.6 Å². The smallest absolute Gasteiger partial charge is 0.326 e. The normalized spacial score (nSPS) is 13.7. The Balaban J connectivity index is 4.97. The number of rotatable bonds is 9. The zero-order valence-corrected chi connectivity index (χ0v) is 15.4. The minimum atomic E-state index is -1.18. The molecule has 2 amide bonds.